The lowest BCUT2D eigenvalue weighted by molar-refractivity contribution is 0.0695. The fourth-order valence-electron chi connectivity index (χ4n) is 1.85. The van der Waals surface area contributed by atoms with Crippen molar-refractivity contribution < 1.29 is 19.4 Å². The molecule has 0 saturated heterocycles. The first-order chi connectivity index (χ1) is 9.75. The maximum Gasteiger partial charge on any atom is 0.335 e. The summed E-state index contributed by atoms with van der Waals surface area (Å²) in [6.45, 7) is 3.59. The minimum absolute atomic E-state index is 0.380. The average molecular weight is 281 g/mol. The average Bonchev–Trinajstić information content (AvgIpc) is 2.46. The van der Waals surface area contributed by atoms with E-state index in [2.05, 4.69) is 5.32 Å². The number of carboxylic acids is 1. The fraction of sp³-hybridized carbons (Fsp3) is 0.533. The Morgan fingerprint density at radius 1 is 1.20 bits per heavy atom. The predicted molar refractivity (Wildman–Crippen MR) is 77.3 cm³/mol. The number of hydrogen-bond donors (Lipinski definition) is 2. The summed E-state index contributed by atoms with van der Waals surface area (Å²) >= 11 is 0. The van der Waals surface area contributed by atoms with Gasteiger partial charge in [-0.25, -0.2) is 4.79 Å². The van der Waals surface area contributed by atoms with Gasteiger partial charge in [0.15, 0.2) is 0 Å². The van der Waals surface area contributed by atoms with Crippen molar-refractivity contribution >= 4 is 5.97 Å². The smallest absolute Gasteiger partial charge is 0.335 e. The van der Waals surface area contributed by atoms with E-state index in [1.807, 2.05) is 12.1 Å². The molecule has 0 unspecified atom stereocenters. The minimum atomic E-state index is -0.873. The van der Waals surface area contributed by atoms with Gasteiger partial charge in [-0.2, -0.15) is 0 Å². The minimum Gasteiger partial charge on any atom is -0.478 e. The maximum absolute atomic E-state index is 11.0. The Morgan fingerprint density at radius 3 is 2.75 bits per heavy atom. The molecule has 0 aliphatic rings. The van der Waals surface area contributed by atoms with Crippen molar-refractivity contribution in [3.8, 4) is 0 Å². The van der Waals surface area contributed by atoms with Gasteiger partial charge in [0.1, 0.15) is 0 Å². The van der Waals surface area contributed by atoms with E-state index in [0.717, 1.165) is 31.7 Å². The summed E-state index contributed by atoms with van der Waals surface area (Å²) in [5, 5.41) is 12.3. The Labute approximate surface area is 119 Å². The molecule has 2 N–H and O–H groups in total. The second kappa shape index (κ2) is 10.4. The third-order valence-corrected chi connectivity index (χ3v) is 2.88. The molecule has 112 valence electrons. The van der Waals surface area contributed by atoms with Gasteiger partial charge >= 0.3 is 5.97 Å². The predicted octanol–water partition coefficient (Wildman–Crippen LogP) is 1.57. The quantitative estimate of drug-likeness (QED) is 0.603. The third kappa shape index (κ3) is 6.65. The molecule has 0 bridgehead atoms. The van der Waals surface area contributed by atoms with Gasteiger partial charge in [0.05, 0.1) is 12.2 Å². The molecule has 0 aliphatic heterocycles. The van der Waals surface area contributed by atoms with Crippen LogP contribution in [0.15, 0.2) is 24.3 Å². The Kier molecular flexibility index (Phi) is 8.62. The van der Waals surface area contributed by atoms with Crippen molar-refractivity contribution in [2.45, 2.75) is 12.8 Å². The summed E-state index contributed by atoms with van der Waals surface area (Å²) in [5.74, 6) is -0.873. The molecule has 5 heteroatoms. The van der Waals surface area contributed by atoms with E-state index in [0.29, 0.717) is 25.2 Å². The van der Waals surface area contributed by atoms with Crippen LogP contribution in [0, 0.1) is 0 Å². The third-order valence-electron chi connectivity index (χ3n) is 2.88. The number of methoxy groups -OCH3 is 1. The van der Waals surface area contributed by atoms with Gasteiger partial charge in [0.2, 0.25) is 0 Å². The second-order valence-electron chi connectivity index (χ2n) is 4.42. The fourth-order valence-corrected chi connectivity index (χ4v) is 1.85. The van der Waals surface area contributed by atoms with Crippen LogP contribution < -0.4 is 5.32 Å². The van der Waals surface area contributed by atoms with Crippen LogP contribution in [0.25, 0.3) is 0 Å². The molecular weight excluding hydrogens is 258 g/mol. The number of ether oxygens (including phenoxy) is 2. The Hall–Kier alpha value is -1.43. The molecule has 0 saturated carbocycles. The number of nitrogens with one attached hydrogen (secondary N) is 1. The first-order valence-electron chi connectivity index (χ1n) is 6.84. The molecule has 0 heterocycles. The second-order valence-corrected chi connectivity index (χ2v) is 4.42. The zero-order valence-corrected chi connectivity index (χ0v) is 11.9. The van der Waals surface area contributed by atoms with E-state index in [4.69, 9.17) is 14.6 Å². The van der Waals surface area contributed by atoms with Crippen molar-refractivity contribution in [3.63, 3.8) is 0 Å². The van der Waals surface area contributed by atoms with Gasteiger partial charge in [-0.05, 0) is 31.0 Å². The van der Waals surface area contributed by atoms with E-state index in [-0.39, 0.29) is 0 Å². The van der Waals surface area contributed by atoms with E-state index in [1.54, 1.807) is 19.2 Å². The van der Waals surface area contributed by atoms with E-state index in [9.17, 15) is 4.79 Å². The molecule has 20 heavy (non-hydrogen) atoms. The number of carbonyl (C=O) groups is 1. The molecule has 0 radical (unpaired) electrons. The lowest BCUT2D eigenvalue weighted by Gasteiger charge is -2.08. The van der Waals surface area contributed by atoms with Crippen LogP contribution in [0.3, 0.4) is 0 Å². The van der Waals surface area contributed by atoms with Crippen molar-refractivity contribution in [1.82, 2.24) is 5.32 Å². The molecule has 1 aromatic rings. The highest BCUT2D eigenvalue weighted by atomic mass is 16.5. The standard InChI is InChI=1S/C15H23NO4/c1-19-10-4-11-20-12-9-16-8-7-13-5-2-3-6-14(13)15(17)18/h2-3,5-6,16H,4,7-12H2,1H3,(H,17,18). The molecule has 0 atom stereocenters. The molecule has 5 nitrogen and oxygen atoms in total. The molecule has 0 amide bonds. The SMILES string of the molecule is COCCCOCCNCCc1ccccc1C(=O)O. The zero-order valence-electron chi connectivity index (χ0n) is 11.9. The highest BCUT2D eigenvalue weighted by Gasteiger charge is 2.07. The number of benzene rings is 1. The molecular formula is C15H23NO4. The summed E-state index contributed by atoms with van der Waals surface area (Å²) in [5.41, 5.74) is 1.23. The zero-order chi connectivity index (χ0) is 14.6. The van der Waals surface area contributed by atoms with Crippen LogP contribution in [0.1, 0.15) is 22.3 Å². The largest absolute Gasteiger partial charge is 0.478 e. The van der Waals surface area contributed by atoms with Crippen LogP contribution in [-0.2, 0) is 15.9 Å². The van der Waals surface area contributed by atoms with Crippen molar-refractivity contribution in [2.75, 3.05) is 40.0 Å². The summed E-state index contributed by atoms with van der Waals surface area (Å²) in [4.78, 5) is 11.0. The number of aromatic carboxylic acids is 1. The van der Waals surface area contributed by atoms with Crippen LogP contribution in [-0.4, -0.2) is 51.1 Å². The summed E-state index contributed by atoms with van der Waals surface area (Å²) in [7, 11) is 1.68. The van der Waals surface area contributed by atoms with E-state index in [1.165, 1.54) is 0 Å². The number of carboxylic acid groups (broad SMARTS) is 1. The molecule has 0 fully saturated rings. The van der Waals surface area contributed by atoms with Gasteiger partial charge in [-0.1, -0.05) is 18.2 Å². The normalized spacial score (nSPS) is 10.7. The first-order valence-corrected chi connectivity index (χ1v) is 6.84. The molecule has 0 spiro atoms. The van der Waals surface area contributed by atoms with Gasteiger partial charge in [-0.15, -0.1) is 0 Å². The maximum atomic E-state index is 11.0. The lowest BCUT2D eigenvalue weighted by Crippen LogP contribution is -2.23. The van der Waals surface area contributed by atoms with Crippen molar-refractivity contribution in [2.24, 2.45) is 0 Å². The molecule has 0 aromatic heterocycles. The Balaban J connectivity index is 2.11. The van der Waals surface area contributed by atoms with Crippen LogP contribution in [0.4, 0.5) is 0 Å². The number of rotatable bonds is 11. The van der Waals surface area contributed by atoms with Crippen molar-refractivity contribution in [1.29, 1.82) is 0 Å². The van der Waals surface area contributed by atoms with Gasteiger partial charge < -0.3 is 19.9 Å². The van der Waals surface area contributed by atoms with Crippen LogP contribution in [0.5, 0.6) is 0 Å². The topological polar surface area (TPSA) is 67.8 Å². The summed E-state index contributed by atoms with van der Waals surface area (Å²) in [6.07, 6.45) is 1.61. The lowest BCUT2D eigenvalue weighted by atomic mass is 10.0. The molecule has 1 rings (SSSR count). The first kappa shape index (κ1) is 16.6. The molecule has 1 aromatic carbocycles. The van der Waals surface area contributed by atoms with Gasteiger partial charge in [-0.3, -0.25) is 0 Å². The highest BCUT2D eigenvalue weighted by molar-refractivity contribution is 5.89. The highest BCUT2D eigenvalue weighted by Crippen LogP contribution is 2.08. The van der Waals surface area contributed by atoms with Gasteiger partial charge in [0, 0.05) is 26.9 Å². The van der Waals surface area contributed by atoms with E-state index < -0.39 is 5.97 Å². The Bertz CT molecular complexity index is 395. The summed E-state index contributed by atoms with van der Waals surface area (Å²) in [6, 6.07) is 7.10. The monoisotopic (exact) mass is 281 g/mol. The van der Waals surface area contributed by atoms with Crippen LogP contribution >= 0.6 is 0 Å². The van der Waals surface area contributed by atoms with Gasteiger partial charge in [0.25, 0.3) is 0 Å². The Morgan fingerprint density at radius 2 is 2.00 bits per heavy atom. The van der Waals surface area contributed by atoms with Crippen LogP contribution in [0.2, 0.25) is 0 Å². The van der Waals surface area contributed by atoms with Crippen molar-refractivity contribution in [3.05, 3.63) is 35.4 Å². The number of hydrogen-bond acceptors (Lipinski definition) is 4. The molecule has 0 aliphatic carbocycles. The summed E-state index contributed by atoms with van der Waals surface area (Å²) < 4.78 is 10.3. The van der Waals surface area contributed by atoms with E-state index >= 15 is 0 Å².